The molecule has 2 rings (SSSR count). The van der Waals surface area contributed by atoms with Gasteiger partial charge in [0.1, 0.15) is 5.75 Å². The number of aliphatic hydroxyl groups is 1. The highest BCUT2D eigenvalue weighted by Crippen LogP contribution is 2.34. The van der Waals surface area contributed by atoms with Crippen LogP contribution in [0.2, 0.25) is 0 Å². The number of benzene rings is 1. The number of nitrogens with zero attached hydrogens (tertiary/aromatic N) is 2. The van der Waals surface area contributed by atoms with Crippen molar-refractivity contribution in [1.29, 1.82) is 0 Å². The van der Waals surface area contributed by atoms with Crippen LogP contribution in [0.3, 0.4) is 0 Å². The molecule has 1 N–H and O–H groups in total. The first kappa shape index (κ1) is 16.1. The number of likely N-dealkylation sites (tertiary alicyclic amines) is 1. The van der Waals surface area contributed by atoms with Crippen molar-refractivity contribution in [3.63, 3.8) is 0 Å². The molecule has 1 unspecified atom stereocenters. The first-order valence-corrected chi connectivity index (χ1v) is 7.88. The highest BCUT2D eigenvalue weighted by atomic mass is 16.5. The molecular formula is C17H28N2O2. The molecule has 4 nitrogen and oxygen atoms in total. The fourth-order valence-corrected chi connectivity index (χ4v) is 3.40. The van der Waals surface area contributed by atoms with Crippen LogP contribution in [-0.4, -0.2) is 49.8 Å². The quantitative estimate of drug-likeness (QED) is 0.874. The van der Waals surface area contributed by atoms with E-state index in [0.29, 0.717) is 6.04 Å². The lowest BCUT2D eigenvalue weighted by molar-refractivity contribution is 0.194. The molecule has 118 valence electrons. The van der Waals surface area contributed by atoms with Gasteiger partial charge in [-0.15, -0.1) is 0 Å². The van der Waals surface area contributed by atoms with E-state index in [1.54, 1.807) is 14.0 Å². The Bertz CT molecular complexity index is 462. The SMILES string of the molecule is CCN1CCCC1CN(C)c1cccc(OC)c1[C@H](C)O. The molecule has 0 saturated carbocycles. The molecule has 2 atom stereocenters. The van der Waals surface area contributed by atoms with Gasteiger partial charge in [0.05, 0.1) is 13.2 Å². The number of anilines is 1. The normalized spacial score (nSPS) is 20.5. The maximum Gasteiger partial charge on any atom is 0.126 e. The third kappa shape index (κ3) is 3.50. The first-order valence-electron chi connectivity index (χ1n) is 7.88. The van der Waals surface area contributed by atoms with E-state index < -0.39 is 6.10 Å². The number of hydrogen-bond acceptors (Lipinski definition) is 4. The highest BCUT2D eigenvalue weighted by Gasteiger charge is 2.25. The fourth-order valence-electron chi connectivity index (χ4n) is 3.40. The zero-order valence-electron chi connectivity index (χ0n) is 13.7. The number of hydrogen-bond donors (Lipinski definition) is 1. The van der Waals surface area contributed by atoms with Gasteiger partial charge in [0.15, 0.2) is 0 Å². The lowest BCUT2D eigenvalue weighted by Crippen LogP contribution is -2.39. The van der Waals surface area contributed by atoms with Gasteiger partial charge in [-0.25, -0.2) is 0 Å². The summed E-state index contributed by atoms with van der Waals surface area (Å²) in [5, 5.41) is 10.1. The Labute approximate surface area is 128 Å². The summed E-state index contributed by atoms with van der Waals surface area (Å²) < 4.78 is 5.41. The van der Waals surface area contributed by atoms with Crippen molar-refractivity contribution in [3.8, 4) is 5.75 Å². The summed E-state index contributed by atoms with van der Waals surface area (Å²) in [4.78, 5) is 4.79. The second-order valence-corrected chi connectivity index (χ2v) is 5.87. The van der Waals surface area contributed by atoms with Gasteiger partial charge in [0.2, 0.25) is 0 Å². The Hall–Kier alpha value is -1.26. The Morgan fingerprint density at radius 1 is 1.48 bits per heavy atom. The van der Waals surface area contributed by atoms with Crippen LogP contribution in [0.1, 0.15) is 38.4 Å². The second kappa shape index (κ2) is 7.14. The first-order chi connectivity index (χ1) is 10.1. The maximum atomic E-state index is 10.1. The minimum absolute atomic E-state index is 0.538. The maximum absolute atomic E-state index is 10.1. The van der Waals surface area contributed by atoms with Crippen LogP contribution in [-0.2, 0) is 0 Å². The van der Waals surface area contributed by atoms with Gasteiger partial charge < -0.3 is 14.7 Å². The van der Waals surface area contributed by atoms with Gasteiger partial charge in [-0.2, -0.15) is 0 Å². The number of rotatable bonds is 6. The van der Waals surface area contributed by atoms with Crippen molar-refractivity contribution in [2.24, 2.45) is 0 Å². The van der Waals surface area contributed by atoms with Crippen LogP contribution in [0, 0.1) is 0 Å². The van der Waals surface area contributed by atoms with Crippen molar-refractivity contribution in [3.05, 3.63) is 23.8 Å². The van der Waals surface area contributed by atoms with E-state index in [9.17, 15) is 5.11 Å². The van der Waals surface area contributed by atoms with Crippen LogP contribution < -0.4 is 9.64 Å². The van der Waals surface area contributed by atoms with Gasteiger partial charge in [-0.3, -0.25) is 4.90 Å². The van der Waals surface area contributed by atoms with Crippen molar-refractivity contribution >= 4 is 5.69 Å². The predicted molar refractivity (Wildman–Crippen MR) is 87.2 cm³/mol. The molecule has 1 aliphatic rings. The molecule has 1 fully saturated rings. The standard InChI is InChI=1S/C17H28N2O2/c1-5-19-11-7-8-14(19)12-18(3)15-9-6-10-16(21-4)17(15)13(2)20/h6,9-10,13-14,20H,5,7-8,11-12H2,1-4H3/t13-,14?/m0/s1. The Morgan fingerprint density at radius 3 is 2.86 bits per heavy atom. The molecule has 1 aliphatic heterocycles. The molecule has 1 aromatic carbocycles. The molecule has 0 amide bonds. The van der Waals surface area contributed by atoms with E-state index in [2.05, 4.69) is 29.8 Å². The van der Waals surface area contributed by atoms with Crippen LogP contribution >= 0.6 is 0 Å². The lowest BCUT2D eigenvalue weighted by Gasteiger charge is -2.31. The average Bonchev–Trinajstić information content (AvgIpc) is 2.93. The molecule has 0 aliphatic carbocycles. The molecule has 0 aromatic heterocycles. The average molecular weight is 292 g/mol. The highest BCUT2D eigenvalue weighted by molar-refractivity contribution is 5.60. The third-order valence-electron chi connectivity index (χ3n) is 4.48. The molecule has 21 heavy (non-hydrogen) atoms. The molecule has 0 bridgehead atoms. The summed E-state index contributed by atoms with van der Waals surface area (Å²) in [6.45, 7) is 7.32. The zero-order valence-corrected chi connectivity index (χ0v) is 13.7. The molecule has 1 saturated heterocycles. The smallest absolute Gasteiger partial charge is 0.126 e. The minimum Gasteiger partial charge on any atom is -0.496 e. The van der Waals surface area contributed by atoms with Crippen LogP contribution in [0.4, 0.5) is 5.69 Å². The van der Waals surface area contributed by atoms with Crippen molar-refractivity contribution in [2.45, 2.75) is 38.8 Å². The van der Waals surface area contributed by atoms with E-state index >= 15 is 0 Å². The topological polar surface area (TPSA) is 35.9 Å². The summed E-state index contributed by atoms with van der Waals surface area (Å²) in [7, 11) is 3.76. The van der Waals surface area contributed by atoms with E-state index in [0.717, 1.165) is 30.1 Å². The van der Waals surface area contributed by atoms with Crippen molar-refractivity contribution in [1.82, 2.24) is 4.90 Å². The predicted octanol–water partition coefficient (Wildman–Crippen LogP) is 2.67. The van der Waals surface area contributed by atoms with E-state index in [1.807, 2.05) is 12.1 Å². The number of likely N-dealkylation sites (N-methyl/N-ethyl adjacent to an activating group) is 2. The Balaban J connectivity index is 2.20. The Kier molecular flexibility index (Phi) is 5.48. The van der Waals surface area contributed by atoms with E-state index in [-0.39, 0.29) is 0 Å². The summed E-state index contributed by atoms with van der Waals surface area (Å²) in [5.74, 6) is 0.758. The molecule has 1 heterocycles. The number of aliphatic hydroxyl groups excluding tert-OH is 1. The number of ether oxygens (including phenoxy) is 1. The van der Waals surface area contributed by atoms with Crippen LogP contribution in [0.5, 0.6) is 5.75 Å². The van der Waals surface area contributed by atoms with Crippen molar-refractivity contribution in [2.75, 3.05) is 38.7 Å². The summed E-state index contributed by atoms with van der Waals surface area (Å²) >= 11 is 0. The summed E-state index contributed by atoms with van der Waals surface area (Å²) in [6.07, 6.45) is 2.00. The second-order valence-electron chi connectivity index (χ2n) is 5.87. The molecule has 4 heteroatoms. The zero-order chi connectivity index (χ0) is 15.4. The molecule has 0 radical (unpaired) electrons. The lowest BCUT2D eigenvalue weighted by atomic mass is 10.1. The minimum atomic E-state index is -0.538. The Morgan fingerprint density at radius 2 is 2.24 bits per heavy atom. The number of methoxy groups -OCH3 is 1. The molecular weight excluding hydrogens is 264 g/mol. The van der Waals surface area contributed by atoms with Gasteiger partial charge >= 0.3 is 0 Å². The molecule has 0 spiro atoms. The van der Waals surface area contributed by atoms with E-state index in [4.69, 9.17) is 4.74 Å². The van der Waals surface area contributed by atoms with Gasteiger partial charge in [-0.05, 0) is 45.0 Å². The fraction of sp³-hybridized carbons (Fsp3) is 0.647. The van der Waals surface area contributed by atoms with Crippen LogP contribution in [0.15, 0.2) is 18.2 Å². The third-order valence-corrected chi connectivity index (χ3v) is 4.48. The monoisotopic (exact) mass is 292 g/mol. The largest absolute Gasteiger partial charge is 0.496 e. The van der Waals surface area contributed by atoms with E-state index in [1.165, 1.54) is 19.4 Å². The molecule has 1 aromatic rings. The summed E-state index contributed by atoms with van der Waals surface area (Å²) in [6, 6.07) is 6.57. The summed E-state index contributed by atoms with van der Waals surface area (Å²) in [5.41, 5.74) is 1.94. The van der Waals surface area contributed by atoms with Crippen LogP contribution in [0.25, 0.3) is 0 Å². The van der Waals surface area contributed by atoms with Gasteiger partial charge in [0.25, 0.3) is 0 Å². The van der Waals surface area contributed by atoms with Gasteiger partial charge in [-0.1, -0.05) is 13.0 Å². The van der Waals surface area contributed by atoms with Gasteiger partial charge in [0, 0.05) is 30.9 Å². The van der Waals surface area contributed by atoms with Crippen molar-refractivity contribution < 1.29 is 9.84 Å².